The van der Waals surface area contributed by atoms with Crippen molar-refractivity contribution in [2.24, 2.45) is 4.99 Å². The lowest BCUT2D eigenvalue weighted by Crippen LogP contribution is -2.44. The fourth-order valence-corrected chi connectivity index (χ4v) is 2.96. The van der Waals surface area contributed by atoms with Crippen molar-refractivity contribution in [2.45, 2.75) is 64.6 Å². The van der Waals surface area contributed by atoms with Gasteiger partial charge in [-0.1, -0.05) is 6.07 Å². The number of aliphatic imine (C=N–C) groups is 1. The first-order valence-electron chi connectivity index (χ1n) is 10.0. The zero-order chi connectivity index (χ0) is 22.4. The van der Waals surface area contributed by atoms with Crippen LogP contribution in [0.1, 0.15) is 45.2 Å². The van der Waals surface area contributed by atoms with E-state index in [0.717, 1.165) is 12.5 Å². The number of benzene rings is 1. The highest BCUT2D eigenvalue weighted by Crippen LogP contribution is 2.35. The van der Waals surface area contributed by atoms with Crippen LogP contribution < -0.4 is 15.4 Å². The molecule has 1 saturated heterocycles. The quantitative estimate of drug-likeness (QED) is 0.296. The summed E-state index contributed by atoms with van der Waals surface area (Å²) in [6.45, 7) is 8.99. The van der Waals surface area contributed by atoms with Crippen LogP contribution in [0.15, 0.2) is 23.2 Å². The van der Waals surface area contributed by atoms with Crippen molar-refractivity contribution in [1.29, 1.82) is 0 Å². The summed E-state index contributed by atoms with van der Waals surface area (Å²) in [6, 6.07) is 3.95. The maximum absolute atomic E-state index is 13.6. The van der Waals surface area contributed by atoms with Crippen molar-refractivity contribution in [3.05, 3.63) is 29.3 Å². The Morgan fingerprint density at radius 1 is 1.29 bits per heavy atom. The summed E-state index contributed by atoms with van der Waals surface area (Å²) in [5, 5.41) is 6.07. The minimum absolute atomic E-state index is 0. The Hall–Kier alpha value is -1.27. The third-order valence-electron chi connectivity index (χ3n) is 4.33. The van der Waals surface area contributed by atoms with Crippen molar-refractivity contribution >= 4 is 29.9 Å². The largest absolute Gasteiger partial charge is 0.488 e. The van der Waals surface area contributed by atoms with Gasteiger partial charge in [-0.3, -0.25) is 4.99 Å². The summed E-state index contributed by atoms with van der Waals surface area (Å²) in [5.41, 5.74) is -1.21. The van der Waals surface area contributed by atoms with E-state index in [1.165, 1.54) is 6.07 Å². The average molecular weight is 559 g/mol. The zero-order valence-electron chi connectivity index (χ0n) is 18.6. The molecule has 1 heterocycles. The van der Waals surface area contributed by atoms with Crippen LogP contribution in [0.3, 0.4) is 0 Å². The van der Waals surface area contributed by atoms with Crippen LogP contribution in [0.25, 0.3) is 0 Å². The van der Waals surface area contributed by atoms with Gasteiger partial charge in [0.2, 0.25) is 0 Å². The van der Waals surface area contributed by atoms with Gasteiger partial charge in [0.1, 0.15) is 11.4 Å². The lowest BCUT2D eigenvalue weighted by atomic mass is 10.1. The van der Waals surface area contributed by atoms with Crippen LogP contribution in [0.2, 0.25) is 0 Å². The molecule has 10 heteroatoms. The monoisotopic (exact) mass is 559 g/mol. The van der Waals surface area contributed by atoms with Crippen LogP contribution in [0.5, 0.6) is 5.75 Å². The minimum Gasteiger partial charge on any atom is -0.488 e. The lowest BCUT2D eigenvalue weighted by molar-refractivity contribution is -0.138. The van der Waals surface area contributed by atoms with E-state index in [-0.39, 0.29) is 54.0 Å². The van der Waals surface area contributed by atoms with E-state index in [9.17, 15) is 13.2 Å². The minimum atomic E-state index is -4.49. The highest BCUT2D eigenvalue weighted by molar-refractivity contribution is 14.0. The number of ether oxygens (including phenoxy) is 3. The van der Waals surface area contributed by atoms with Crippen LogP contribution >= 0.6 is 24.0 Å². The molecule has 0 spiro atoms. The first-order valence-corrected chi connectivity index (χ1v) is 10.0. The molecule has 0 saturated carbocycles. The molecule has 2 rings (SSSR count). The molecular weight excluding hydrogens is 526 g/mol. The molecular formula is C21H33F3IN3O3. The number of nitrogens with zero attached hydrogens (tertiary/aromatic N) is 1. The maximum Gasteiger partial charge on any atom is 0.416 e. The molecule has 0 radical (unpaired) electrons. The van der Waals surface area contributed by atoms with Gasteiger partial charge in [0, 0.05) is 26.2 Å². The second-order valence-electron chi connectivity index (χ2n) is 8.32. The van der Waals surface area contributed by atoms with Crippen LogP contribution in [-0.4, -0.2) is 50.6 Å². The summed E-state index contributed by atoms with van der Waals surface area (Å²) in [6.07, 6.45) is -3.53. The number of rotatable bonds is 7. The Balaban J connectivity index is 0.00000480. The average Bonchev–Trinajstić information content (AvgIpc) is 3.15. The van der Waals surface area contributed by atoms with Gasteiger partial charge in [-0.15, -0.1) is 24.0 Å². The number of alkyl halides is 3. The lowest BCUT2D eigenvalue weighted by Gasteiger charge is -2.23. The molecule has 2 unspecified atom stereocenters. The Morgan fingerprint density at radius 3 is 2.55 bits per heavy atom. The first-order chi connectivity index (χ1) is 14.0. The second-order valence-corrected chi connectivity index (χ2v) is 8.32. The van der Waals surface area contributed by atoms with Crippen molar-refractivity contribution < 1.29 is 27.4 Å². The predicted octanol–water partition coefficient (Wildman–Crippen LogP) is 4.36. The Kier molecular flexibility index (Phi) is 10.8. The third kappa shape index (κ3) is 9.82. The van der Waals surface area contributed by atoms with E-state index in [1.54, 1.807) is 33.9 Å². The molecule has 1 fully saturated rings. The third-order valence-corrected chi connectivity index (χ3v) is 4.33. The van der Waals surface area contributed by atoms with Crippen LogP contribution in [0.4, 0.5) is 13.2 Å². The fraction of sp³-hybridized carbons (Fsp3) is 0.667. The van der Waals surface area contributed by atoms with E-state index >= 15 is 0 Å². The molecule has 1 aliphatic rings. The first kappa shape index (κ1) is 27.8. The number of guanidine groups is 1. The molecule has 0 amide bonds. The van der Waals surface area contributed by atoms with Gasteiger partial charge >= 0.3 is 6.18 Å². The van der Waals surface area contributed by atoms with Gasteiger partial charge in [0.05, 0.1) is 24.9 Å². The highest BCUT2D eigenvalue weighted by Gasteiger charge is 2.34. The molecule has 0 bridgehead atoms. The molecule has 1 aromatic rings. The zero-order valence-corrected chi connectivity index (χ0v) is 21.0. The molecule has 2 N–H and O–H groups in total. The van der Waals surface area contributed by atoms with Crippen molar-refractivity contribution in [2.75, 3.05) is 26.9 Å². The van der Waals surface area contributed by atoms with E-state index in [0.29, 0.717) is 25.8 Å². The maximum atomic E-state index is 13.6. The van der Waals surface area contributed by atoms with Crippen molar-refractivity contribution in [3.8, 4) is 5.75 Å². The van der Waals surface area contributed by atoms with Crippen molar-refractivity contribution in [3.63, 3.8) is 0 Å². The molecule has 0 aliphatic carbocycles. The van der Waals surface area contributed by atoms with E-state index < -0.39 is 17.3 Å². The van der Waals surface area contributed by atoms with E-state index in [1.807, 2.05) is 6.92 Å². The van der Waals surface area contributed by atoms with Gasteiger partial charge in [0.15, 0.2) is 5.96 Å². The number of hydrogen-bond acceptors (Lipinski definition) is 4. The molecule has 31 heavy (non-hydrogen) atoms. The summed E-state index contributed by atoms with van der Waals surface area (Å²) < 4.78 is 57.3. The van der Waals surface area contributed by atoms with E-state index in [2.05, 4.69) is 15.6 Å². The number of hydrogen-bond donors (Lipinski definition) is 2. The highest BCUT2D eigenvalue weighted by atomic mass is 127. The van der Waals surface area contributed by atoms with Crippen molar-refractivity contribution in [1.82, 2.24) is 10.6 Å². The molecule has 178 valence electrons. The standard InChI is InChI=1S/C21H32F3N3O3.HI/c1-14(12-29-17-8-9-28-13-17)27-19(25-5)26-11-15-6-7-16(30-20(2,3)4)10-18(15)21(22,23)24;/h6-7,10,14,17H,8-9,11-13H2,1-5H3,(H2,25,26,27);1H. The molecule has 1 aliphatic heterocycles. The van der Waals surface area contributed by atoms with Gasteiger partial charge in [0.25, 0.3) is 0 Å². The summed E-state index contributed by atoms with van der Waals surface area (Å²) >= 11 is 0. The molecule has 1 aromatic carbocycles. The van der Waals surface area contributed by atoms with Gasteiger partial charge in [-0.25, -0.2) is 0 Å². The normalized spacial score (nSPS) is 18.3. The van der Waals surface area contributed by atoms with E-state index in [4.69, 9.17) is 14.2 Å². The summed E-state index contributed by atoms with van der Waals surface area (Å²) in [4.78, 5) is 4.09. The van der Waals surface area contributed by atoms with Gasteiger partial charge < -0.3 is 24.8 Å². The number of halogens is 4. The topological polar surface area (TPSA) is 64.1 Å². The summed E-state index contributed by atoms with van der Waals surface area (Å²) in [7, 11) is 1.57. The Labute approximate surface area is 199 Å². The Bertz CT molecular complexity index is 718. The summed E-state index contributed by atoms with van der Waals surface area (Å²) in [5.74, 6) is 0.583. The second kappa shape index (κ2) is 12.1. The van der Waals surface area contributed by atoms with Gasteiger partial charge in [-0.2, -0.15) is 13.2 Å². The van der Waals surface area contributed by atoms with Crippen LogP contribution in [-0.2, 0) is 22.2 Å². The molecule has 6 nitrogen and oxygen atoms in total. The van der Waals surface area contributed by atoms with Crippen LogP contribution in [0, 0.1) is 0 Å². The SMILES string of the molecule is CN=C(NCc1ccc(OC(C)(C)C)cc1C(F)(F)F)NC(C)COC1CCOC1.I. The smallest absolute Gasteiger partial charge is 0.416 e. The molecule has 2 atom stereocenters. The Morgan fingerprint density at radius 2 is 2.00 bits per heavy atom. The predicted molar refractivity (Wildman–Crippen MR) is 125 cm³/mol. The molecule has 0 aromatic heterocycles. The number of nitrogens with one attached hydrogen (secondary N) is 2. The fourth-order valence-electron chi connectivity index (χ4n) is 2.96. The van der Waals surface area contributed by atoms with Gasteiger partial charge in [-0.05, 0) is 51.8 Å².